The predicted octanol–water partition coefficient (Wildman–Crippen LogP) is -2.32. The Morgan fingerprint density at radius 3 is 2.08 bits per heavy atom. The zero-order chi connectivity index (χ0) is 48.5. The largest absolute Gasteiger partial charge is 0.379 e. The molecule has 23 heteroatoms. The van der Waals surface area contributed by atoms with Gasteiger partial charge in [0.15, 0.2) is 0 Å². The third kappa shape index (κ3) is 19.4. The Balaban J connectivity index is 1.87. The molecule has 1 saturated heterocycles. The lowest BCUT2D eigenvalue weighted by Crippen LogP contribution is -2.54. The van der Waals surface area contributed by atoms with Gasteiger partial charge in [0, 0.05) is 46.1 Å². The lowest BCUT2D eigenvalue weighted by molar-refractivity contribution is -0.145. The van der Waals surface area contributed by atoms with Crippen molar-refractivity contribution in [1.82, 2.24) is 47.0 Å². The normalized spacial score (nSPS) is 16.1. The van der Waals surface area contributed by atoms with Crippen LogP contribution in [-0.2, 0) is 59.0 Å². The van der Waals surface area contributed by atoms with Gasteiger partial charge in [-0.15, -0.1) is 0 Å². The van der Waals surface area contributed by atoms with Gasteiger partial charge in [0.2, 0.25) is 53.7 Å². The molecule has 7 unspecified atom stereocenters. The third-order valence-corrected chi connectivity index (χ3v) is 11.7. The summed E-state index contributed by atoms with van der Waals surface area (Å²) in [5.41, 5.74) is 7.39. The van der Waals surface area contributed by atoms with Crippen LogP contribution in [0.25, 0.3) is 0 Å². The van der Waals surface area contributed by atoms with E-state index in [0.717, 1.165) is 18.4 Å². The van der Waals surface area contributed by atoms with Crippen LogP contribution in [0.4, 0.5) is 5.69 Å². The summed E-state index contributed by atoms with van der Waals surface area (Å²) in [6.07, 6.45) is 1.67. The van der Waals surface area contributed by atoms with E-state index in [0.29, 0.717) is 31.5 Å². The highest BCUT2D eigenvalue weighted by atomic mass is 79.9. The smallest absolute Gasteiger partial charge is 0.243 e. The minimum absolute atomic E-state index is 0.00197. The number of halogens is 1. The van der Waals surface area contributed by atoms with Crippen LogP contribution in [-0.4, -0.2) is 173 Å². The first-order valence-electron chi connectivity index (χ1n) is 21.5. The number of nitrogens with two attached hydrogens (primary N) is 1. The number of rotatable bonds is 30. The Labute approximate surface area is 388 Å². The Hall–Kier alpha value is -5.23. The molecule has 1 fully saturated rings. The van der Waals surface area contributed by atoms with Gasteiger partial charge in [0.25, 0.3) is 0 Å². The number of carbonyl (C=O) groups excluding carboxylic acids is 9. The van der Waals surface area contributed by atoms with Crippen LogP contribution < -0.4 is 48.3 Å². The highest BCUT2D eigenvalue weighted by Crippen LogP contribution is 2.29. The van der Waals surface area contributed by atoms with Crippen molar-refractivity contribution < 1.29 is 52.6 Å². The minimum Gasteiger partial charge on any atom is -0.379 e. The zero-order valence-corrected chi connectivity index (χ0v) is 39.8. The first-order valence-corrected chi connectivity index (χ1v) is 22.7. The fraction of sp³-hybridized carbons (Fsp3) is 0.643. The Bertz CT molecular complexity index is 1740. The molecule has 0 bridgehead atoms. The van der Waals surface area contributed by atoms with Crippen molar-refractivity contribution in [3.8, 4) is 0 Å². The number of ether oxygens (including phenoxy) is 2. The van der Waals surface area contributed by atoms with Crippen LogP contribution in [0.2, 0.25) is 0 Å². The van der Waals surface area contributed by atoms with E-state index < -0.39 is 53.8 Å². The summed E-state index contributed by atoms with van der Waals surface area (Å²) in [5.74, 6) is -3.87. The second-order valence-electron chi connectivity index (χ2n) is 15.7. The summed E-state index contributed by atoms with van der Waals surface area (Å²) in [6.45, 7) is 4.99. The molecule has 0 aromatic heterocycles. The SMILES string of the molecule is CCC(C)C(C(CC(=O)N1CCCC1C(OC)C(C)C(=O)NC(CN)Cc1ccc(NC(=O)CNC(=O)CNC(=O)CNCNC(=O)CNC(=O)CBr)cc1)OC)N(C)C(=O)CNC=O. The van der Waals surface area contributed by atoms with Crippen molar-refractivity contribution in [2.45, 2.75) is 83.2 Å². The fourth-order valence-corrected chi connectivity index (χ4v) is 7.63. The molecule has 0 spiro atoms. The summed E-state index contributed by atoms with van der Waals surface area (Å²) in [5, 5.41) is 20.5. The average molecular weight is 983 g/mol. The minimum atomic E-state index is -0.656. The highest BCUT2D eigenvalue weighted by molar-refractivity contribution is 9.09. The predicted molar refractivity (Wildman–Crippen MR) is 244 cm³/mol. The van der Waals surface area contributed by atoms with Gasteiger partial charge in [0.05, 0.1) is 81.4 Å². The molecule has 1 aliphatic rings. The van der Waals surface area contributed by atoms with Crippen molar-refractivity contribution in [3.63, 3.8) is 0 Å². The zero-order valence-electron chi connectivity index (χ0n) is 38.2. The number of nitrogens with zero attached hydrogens (tertiary/aromatic N) is 2. The van der Waals surface area contributed by atoms with Crippen molar-refractivity contribution in [1.29, 1.82) is 0 Å². The molecule has 65 heavy (non-hydrogen) atoms. The Morgan fingerprint density at radius 2 is 1.49 bits per heavy atom. The van der Waals surface area contributed by atoms with E-state index in [2.05, 4.69) is 58.5 Å². The molecule has 0 radical (unpaired) electrons. The molecule has 2 rings (SSSR count). The van der Waals surface area contributed by atoms with Crippen molar-refractivity contribution in [2.75, 3.05) is 84.4 Å². The fourth-order valence-electron chi connectivity index (χ4n) is 7.43. The number of hydrogen-bond donors (Lipinski definition) is 9. The number of anilines is 1. The molecule has 0 aliphatic carbocycles. The quantitative estimate of drug-likeness (QED) is 0.0170. The number of hydrogen-bond acceptors (Lipinski definition) is 13. The maximum absolute atomic E-state index is 14.0. The molecule has 22 nitrogen and oxygen atoms in total. The number of nitrogens with one attached hydrogen (secondary N) is 8. The number of amides is 9. The molecule has 9 amide bonds. The van der Waals surface area contributed by atoms with Crippen molar-refractivity contribution in [2.24, 2.45) is 17.6 Å². The summed E-state index contributed by atoms with van der Waals surface area (Å²) >= 11 is 2.97. The summed E-state index contributed by atoms with van der Waals surface area (Å²) in [4.78, 5) is 114. The lowest BCUT2D eigenvalue weighted by atomic mass is 9.90. The maximum atomic E-state index is 14.0. The molecule has 1 heterocycles. The molecule has 7 atom stereocenters. The summed E-state index contributed by atoms with van der Waals surface area (Å²) < 4.78 is 11.7. The van der Waals surface area contributed by atoms with E-state index in [9.17, 15) is 43.2 Å². The summed E-state index contributed by atoms with van der Waals surface area (Å²) in [7, 11) is 4.67. The second kappa shape index (κ2) is 30.1. The van der Waals surface area contributed by atoms with Crippen molar-refractivity contribution >= 4 is 75.3 Å². The first-order chi connectivity index (χ1) is 31.0. The van der Waals surface area contributed by atoms with E-state index in [1.165, 1.54) is 19.1 Å². The number of alkyl halides is 1. The van der Waals surface area contributed by atoms with Gasteiger partial charge in [-0.3, -0.25) is 48.5 Å². The number of likely N-dealkylation sites (N-methyl/N-ethyl adjacent to an activating group) is 1. The molecular weight excluding hydrogens is 914 g/mol. The van der Waals surface area contributed by atoms with E-state index in [1.54, 1.807) is 43.1 Å². The average Bonchev–Trinajstić information content (AvgIpc) is 3.79. The van der Waals surface area contributed by atoms with Crippen LogP contribution in [0, 0.1) is 11.8 Å². The molecule has 1 aliphatic heterocycles. The molecule has 0 saturated carbocycles. The number of methoxy groups -OCH3 is 2. The first kappa shape index (κ1) is 55.9. The summed E-state index contributed by atoms with van der Waals surface area (Å²) in [6, 6.07) is 5.64. The van der Waals surface area contributed by atoms with Gasteiger partial charge < -0.3 is 62.2 Å². The number of benzene rings is 1. The van der Waals surface area contributed by atoms with Gasteiger partial charge in [0.1, 0.15) is 0 Å². The third-order valence-electron chi connectivity index (χ3n) is 11.1. The Kier molecular flexibility index (Phi) is 25.9. The van der Waals surface area contributed by atoms with Gasteiger partial charge in [-0.25, -0.2) is 0 Å². The number of carbonyl (C=O) groups is 9. The highest BCUT2D eigenvalue weighted by Gasteiger charge is 2.42. The van der Waals surface area contributed by atoms with E-state index in [1.807, 2.05) is 13.8 Å². The topological polar surface area (TPSA) is 301 Å². The van der Waals surface area contributed by atoms with Gasteiger partial charge >= 0.3 is 0 Å². The van der Waals surface area contributed by atoms with Crippen LogP contribution in [0.1, 0.15) is 52.0 Å². The lowest BCUT2D eigenvalue weighted by Gasteiger charge is -2.39. The van der Waals surface area contributed by atoms with E-state index in [-0.39, 0.29) is 93.3 Å². The number of likely N-dealkylation sites (tertiary alicyclic amines) is 1. The standard InChI is InChI=1S/C42H68BrN11O11/c1-7-26(2)40(53(4)39(62)23-46-25-55)32(64-5)16-38(61)54-14-8-9-31(54)41(65-6)27(3)42(63)52-30(18-44)15-28-10-12-29(13-11-28)51-37(60)22-49-35(58)20-48-34(57)19-45-24-50-36(59)21-47-33(56)17-43/h10-13,25-27,30-32,40-41,45H,7-9,14-24,44H2,1-6H3,(H,46,55)(H,47,56)(H,48,57)(H,49,58)(H,50,59)(H,51,60)(H,52,63). The monoisotopic (exact) mass is 981 g/mol. The molecule has 10 N–H and O–H groups in total. The molecule has 364 valence electrons. The van der Waals surface area contributed by atoms with E-state index >= 15 is 0 Å². The van der Waals surface area contributed by atoms with E-state index in [4.69, 9.17) is 15.2 Å². The van der Waals surface area contributed by atoms with Crippen LogP contribution >= 0.6 is 15.9 Å². The van der Waals surface area contributed by atoms with Crippen molar-refractivity contribution in [3.05, 3.63) is 29.8 Å². The van der Waals surface area contributed by atoms with Gasteiger partial charge in [-0.1, -0.05) is 55.3 Å². The molecule has 1 aromatic rings. The van der Waals surface area contributed by atoms with Gasteiger partial charge in [-0.2, -0.15) is 0 Å². The second-order valence-corrected chi connectivity index (χ2v) is 16.3. The van der Waals surface area contributed by atoms with Crippen LogP contribution in [0.15, 0.2) is 24.3 Å². The molecular formula is C42H68BrN11O11. The van der Waals surface area contributed by atoms with Crippen LogP contribution in [0.5, 0.6) is 0 Å². The molecule has 1 aromatic carbocycles. The van der Waals surface area contributed by atoms with Crippen LogP contribution in [0.3, 0.4) is 0 Å². The Morgan fingerprint density at radius 1 is 0.877 bits per heavy atom. The maximum Gasteiger partial charge on any atom is 0.243 e. The van der Waals surface area contributed by atoms with Gasteiger partial charge in [-0.05, 0) is 42.9 Å².